The molecule has 3 heteroatoms. The van der Waals surface area contributed by atoms with E-state index in [1.165, 1.54) is 0 Å². The Morgan fingerprint density at radius 3 is 2.42 bits per heavy atom. The topological polar surface area (TPSA) is 35.5 Å². The number of methoxy groups -OCH3 is 2. The van der Waals surface area contributed by atoms with Gasteiger partial charge in [-0.2, -0.15) is 0 Å². The van der Waals surface area contributed by atoms with E-state index in [2.05, 4.69) is 0 Å². The van der Waals surface area contributed by atoms with Crippen LogP contribution in [0, 0.1) is 0 Å². The van der Waals surface area contributed by atoms with Gasteiger partial charge in [0, 0.05) is 27.1 Å². The molecule has 68 valence electrons. The summed E-state index contributed by atoms with van der Waals surface area (Å²) < 4.78 is 10.4. The third kappa shape index (κ3) is 1.57. The van der Waals surface area contributed by atoms with Crippen LogP contribution in [0.2, 0.25) is 0 Å². The molecule has 3 nitrogen and oxygen atoms in total. The first-order valence-corrected chi connectivity index (χ1v) is 3.96. The van der Waals surface area contributed by atoms with Gasteiger partial charge in [-0.05, 0) is 18.6 Å². The van der Waals surface area contributed by atoms with Crippen LogP contribution < -0.4 is 0 Å². The average Bonchev–Trinajstić information content (AvgIpc) is 2.10. The average molecular weight is 170 g/mol. The van der Waals surface area contributed by atoms with Gasteiger partial charge in [-0.15, -0.1) is 0 Å². The van der Waals surface area contributed by atoms with Gasteiger partial charge in [0.05, 0.1) is 0 Å². The van der Waals surface area contributed by atoms with Crippen LogP contribution in [0.25, 0.3) is 0 Å². The van der Waals surface area contributed by atoms with E-state index >= 15 is 0 Å². The van der Waals surface area contributed by atoms with E-state index in [9.17, 15) is 4.79 Å². The number of Topliss-reactive ketones (excluding diaryl/α,β-unsaturated/α-hetero) is 1. The van der Waals surface area contributed by atoms with Crippen molar-refractivity contribution in [2.45, 2.75) is 25.6 Å². The molecule has 1 aliphatic rings. The second-order valence-corrected chi connectivity index (χ2v) is 2.97. The Labute approximate surface area is 72.4 Å². The zero-order chi connectivity index (χ0) is 9.19. The number of carbonyl (C=O) groups is 1. The molecule has 0 bridgehead atoms. The molecule has 0 heterocycles. The first-order valence-electron chi connectivity index (χ1n) is 3.96. The van der Waals surface area contributed by atoms with Crippen molar-refractivity contribution in [2.75, 3.05) is 14.2 Å². The van der Waals surface area contributed by atoms with Crippen molar-refractivity contribution in [1.29, 1.82) is 0 Å². The lowest BCUT2D eigenvalue weighted by Crippen LogP contribution is -2.35. The van der Waals surface area contributed by atoms with Gasteiger partial charge in [0.15, 0.2) is 11.6 Å². The summed E-state index contributed by atoms with van der Waals surface area (Å²) in [4.78, 5) is 11.1. The van der Waals surface area contributed by atoms with Gasteiger partial charge >= 0.3 is 0 Å². The van der Waals surface area contributed by atoms with Crippen LogP contribution in [0.4, 0.5) is 0 Å². The minimum Gasteiger partial charge on any atom is -0.350 e. The molecular formula is C9H14O3. The van der Waals surface area contributed by atoms with Gasteiger partial charge in [-0.3, -0.25) is 4.79 Å². The Kier molecular flexibility index (Phi) is 2.65. The third-order valence-electron chi connectivity index (χ3n) is 2.27. The molecule has 1 rings (SSSR count). The lowest BCUT2D eigenvalue weighted by Gasteiger charge is -2.30. The molecule has 0 radical (unpaired) electrons. The standard InChI is InChI=1S/C9H14O3/c1-7-6-9(11-2,12-3)5-4-8(7)10/h6H,4-5H2,1-3H3. The highest BCUT2D eigenvalue weighted by atomic mass is 16.7. The smallest absolute Gasteiger partial charge is 0.188 e. The molecular weight excluding hydrogens is 156 g/mol. The van der Waals surface area contributed by atoms with Crippen LogP contribution in [0.1, 0.15) is 19.8 Å². The molecule has 0 spiro atoms. The van der Waals surface area contributed by atoms with Crippen LogP contribution in [-0.4, -0.2) is 25.8 Å². The van der Waals surface area contributed by atoms with Crippen molar-refractivity contribution in [3.63, 3.8) is 0 Å². The lowest BCUT2D eigenvalue weighted by molar-refractivity contribution is -0.179. The van der Waals surface area contributed by atoms with Crippen LogP contribution in [0.15, 0.2) is 11.6 Å². The monoisotopic (exact) mass is 170 g/mol. The summed E-state index contributed by atoms with van der Waals surface area (Å²) in [5.74, 6) is -0.488. The summed E-state index contributed by atoms with van der Waals surface area (Å²) in [5.41, 5.74) is 0.727. The van der Waals surface area contributed by atoms with Crippen LogP contribution >= 0.6 is 0 Å². The molecule has 0 atom stereocenters. The summed E-state index contributed by atoms with van der Waals surface area (Å²) in [6.07, 6.45) is 2.86. The van der Waals surface area contributed by atoms with Gasteiger partial charge in [0.2, 0.25) is 0 Å². The normalized spacial score (nSPS) is 22.2. The second-order valence-electron chi connectivity index (χ2n) is 2.97. The summed E-state index contributed by atoms with van der Waals surface area (Å²) in [5, 5.41) is 0. The van der Waals surface area contributed by atoms with Crippen molar-refractivity contribution < 1.29 is 14.3 Å². The molecule has 1 aliphatic carbocycles. The number of rotatable bonds is 2. The first kappa shape index (κ1) is 9.42. The quantitative estimate of drug-likeness (QED) is 0.586. The molecule has 0 aromatic heterocycles. The predicted octanol–water partition coefficient (Wildman–Crippen LogP) is 1.28. The van der Waals surface area contributed by atoms with E-state index in [1.807, 2.05) is 0 Å². The number of hydrogen-bond acceptors (Lipinski definition) is 3. The minimum atomic E-state index is -0.669. The number of ketones is 1. The van der Waals surface area contributed by atoms with Gasteiger partial charge in [-0.1, -0.05) is 0 Å². The molecule has 0 N–H and O–H groups in total. The Balaban J connectivity index is 2.88. The number of carbonyl (C=O) groups excluding carboxylic acids is 1. The molecule has 0 amide bonds. The summed E-state index contributed by atoms with van der Waals surface area (Å²) in [7, 11) is 3.17. The third-order valence-corrected chi connectivity index (χ3v) is 2.27. The Hall–Kier alpha value is -0.670. The molecule has 0 fully saturated rings. The highest BCUT2D eigenvalue weighted by Crippen LogP contribution is 2.27. The van der Waals surface area contributed by atoms with E-state index in [1.54, 1.807) is 27.2 Å². The zero-order valence-electron chi connectivity index (χ0n) is 7.72. The number of ether oxygens (including phenoxy) is 2. The fraction of sp³-hybridized carbons (Fsp3) is 0.667. The second kappa shape index (κ2) is 3.37. The van der Waals surface area contributed by atoms with E-state index < -0.39 is 5.79 Å². The largest absolute Gasteiger partial charge is 0.350 e. The maximum absolute atomic E-state index is 11.1. The molecule has 0 saturated heterocycles. The van der Waals surface area contributed by atoms with E-state index in [4.69, 9.17) is 9.47 Å². The molecule has 0 saturated carbocycles. The SMILES string of the molecule is COC1(OC)C=C(C)C(=O)CC1. The highest BCUT2D eigenvalue weighted by Gasteiger charge is 2.32. The van der Waals surface area contributed by atoms with Gasteiger partial charge in [0.1, 0.15) is 0 Å². The lowest BCUT2D eigenvalue weighted by atomic mass is 9.94. The van der Waals surface area contributed by atoms with Gasteiger partial charge < -0.3 is 9.47 Å². The van der Waals surface area contributed by atoms with Gasteiger partial charge in [-0.25, -0.2) is 0 Å². The summed E-state index contributed by atoms with van der Waals surface area (Å²) in [6.45, 7) is 1.79. The van der Waals surface area contributed by atoms with Crippen molar-refractivity contribution in [3.8, 4) is 0 Å². The zero-order valence-corrected chi connectivity index (χ0v) is 7.72. The van der Waals surface area contributed by atoms with Crippen LogP contribution in [-0.2, 0) is 14.3 Å². The fourth-order valence-corrected chi connectivity index (χ4v) is 1.37. The van der Waals surface area contributed by atoms with E-state index in [0.29, 0.717) is 12.8 Å². The van der Waals surface area contributed by atoms with Crippen LogP contribution in [0.3, 0.4) is 0 Å². The predicted molar refractivity (Wildman–Crippen MR) is 44.7 cm³/mol. The van der Waals surface area contributed by atoms with Crippen molar-refractivity contribution in [3.05, 3.63) is 11.6 Å². The number of allylic oxidation sites excluding steroid dienone is 1. The van der Waals surface area contributed by atoms with E-state index in [-0.39, 0.29) is 5.78 Å². The summed E-state index contributed by atoms with van der Waals surface area (Å²) >= 11 is 0. The fourth-order valence-electron chi connectivity index (χ4n) is 1.37. The first-order chi connectivity index (χ1) is 5.63. The maximum atomic E-state index is 11.1. The Morgan fingerprint density at radius 1 is 1.42 bits per heavy atom. The molecule has 12 heavy (non-hydrogen) atoms. The molecule has 0 aliphatic heterocycles. The molecule has 0 aromatic rings. The van der Waals surface area contributed by atoms with E-state index in [0.717, 1.165) is 5.57 Å². The van der Waals surface area contributed by atoms with Crippen molar-refractivity contribution in [1.82, 2.24) is 0 Å². The maximum Gasteiger partial charge on any atom is 0.188 e. The minimum absolute atomic E-state index is 0.180. The highest BCUT2D eigenvalue weighted by molar-refractivity contribution is 5.95. The Morgan fingerprint density at radius 2 is 2.00 bits per heavy atom. The van der Waals surface area contributed by atoms with Crippen LogP contribution in [0.5, 0.6) is 0 Å². The summed E-state index contributed by atoms with van der Waals surface area (Å²) in [6, 6.07) is 0. The van der Waals surface area contributed by atoms with Gasteiger partial charge in [0.25, 0.3) is 0 Å². The van der Waals surface area contributed by atoms with Crippen molar-refractivity contribution in [2.24, 2.45) is 0 Å². The molecule has 0 aromatic carbocycles. The Bertz CT molecular complexity index is 214. The number of hydrogen-bond donors (Lipinski definition) is 0. The van der Waals surface area contributed by atoms with Crippen molar-refractivity contribution >= 4 is 5.78 Å². The molecule has 0 unspecified atom stereocenters.